The van der Waals surface area contributed by atoms with E-state index in [0.717, 1.165) is 43.5 Å². The number of thiazole rings is 1. The van der Waals surface area contributed by atoms with Crippen LogP contribution < -0.4 is 5.32 Å². The monoisotopic (exact) mass is 400 g/mol. The largest absolute Gasteiger partial charge is 0.341 e. The molecular weight excluding hydrogens is 382 g/mol. The normalized spacial score (nSPS) is 15.2. The maximum Gasteiger partial charge on any atom is 0.341 e. The van der Waals surface area contributed by atoms with Gasteiger partial charge in [0.2, 0.25) is 9.84 Å². The van der Waals surface area contributed by atoms with Crippen LogP contribution in [0.1, 0.15) is 46.6 Å². The van der Waals surface area contributed by atoms with E-state index in [-0.39, 0.29) is 5.56 Å². The standard InChI is InChI=1S/C17H18F2N2O3S2/c18-16(19)26(23,24)12-9-7-11(8-10-12)15(22)21-17-20-13-5-3-1-2-4-6-14(13)25-17/h7-10,16H,1-6H2,(H,20,21,22). The van der Waals surface area contributed by atoms with Gasteiger partial charge in [-0.05, 0) is 49.9 Å². The molecule has 1 heterocycles. The molecule has 1 N–H and O–H groups in total. The second kappa shape index (κ2) is 7.79. The summed E-state index contributed by atoms with van der Waals surface area (Å²) < 4.78 is 47.9. The number of aryl methyl sites for hydroxylation is 2. The smallest absolute Gasteiger partial charge is 0.298 e. The Kier molecular flexibility index (Phi) is 5.67. The van der Waals surface area contributed by atoms with Gasteiger partial charge in [-0.1, -0.05) is 12.8 Å². The molecule has 1 amide bonds. The van der Waals surface area contributed by atoms with E-state index in [0.29, 0.717) is 5.13 Å². The van der Waals surface area contributed by atoms with Crippen LogP contribution >= 0.6 is 11.3 Å². The van der Waals surface area contributed by atoms with E-state index in [1.807, 2.05) is 0 Å². The number of amides is 1. The highest BCUT2D eigenvalue weighted by atomic mass is 32.2. The zero-order valence-electron chi connectivity index (χ0n) is 13.9. The van der Waals surface area contributed by atoms with Crippen molar-refractivity contribution in [1.82, 2.24) is 4.98 Å². The van der Waals surface area contributed by atoms with Gasteiger partial charge in [-0.2, -0.15) is 8.78 Å². The Balaban J connectivity index is 1.73. The number of sulfone groups is 1. The van der Waals surface area contributed by atoms with Gasteiger partial charge in [0.1, 0.15) is 0 Å². The third kappa shape index (κ3) is 4.09. The molecule has 0 saturated heterocycles. The number of nitrogens with one attached hydrogen (secondary N) is 1. The number of rotatable bonds is 4. The fourth-order valence-electron chi connectivity index (χ4n) is 2.83. The molecule has 3 rings (SSSR count). The van der Waals surface area contributed by atoms with E-state index in [1.165, 1.54) is 41.2 Å². The number of halogens is 2. The van der Waals surface area contributed by atoms with Crippen molar-refractivity contribution < 1.29 is 22.0 Å². The average molecular weight is 400 g/mol. The van der Waals surface area contributed by atoms with Gasteiger partial charge in [-0.3, -0.25) is 10.1 Å². The molecule has 1 aromatic carbocycles. The zero-order chi connectivity index (χ0) is 18.7. The van der Waals surface area contributed by atoms with Crippen molar-refractivity contribution in [2.24, 2.45) is 0 Å². The Hall–Kier alpha value is -1.87. The van der Waals surface area contributed by atoms with Gasteiger partial charge in [0.15, 0.2) is 5.13 Å². The van der Waals surface area contributed by atoms with E-state index < -0.39 is 26.4 Å². The second-order valence-corrected chi connectivity index (χ2v) is 9.09. The number of alkyl halides is 2. The summed E-state index contributed by atoms with van der Waals surface area (Å²) in [6.07, 6.45) is 6.46. The number of benzene rings is 1. The van der Waals surface area contributed by atoms with Crippen LogP contribution in [0, 0.1) is 0 Å². The van der Waals surface area contributed by atoms with Gasteiger partial charge in [0.25, 0.3) is 5.91 Å². The first-order valence-electron chi connectivity index (χ1n) is 8.30. The van der Waals surface area contributed by atoms with Crippen molar-refractivity contribution in [2.45, 2.75) is 49.2 Å². The van der Waals surface area contributed by atoms with E-state index in [1.54, 1.807) is 0 Å². The number of aromatic nitrogens is 1. The molecule has 140 valence electrons. The number of hydrogen-bond acceptors (Lipinski definition) is 5. The second-order valence-electron chi connectivity index (χ2n) is 6.09. The number of carbonyl (C=O) groups excluding carboxylic acids is 1. The Morgan fingerprint density at radius 3 is 2.38 bits per heavy atom. The summed E-state index contributed by atoms with van der Waals surface area (Å²) in [7, 11) is -4.66. The highest BCUT2D eigenvalue weighted by molar-refractivity contribution is 7.91. The van der Waals surface area contributed by atoms with Crippen molar-refractivity contribution in [2.75, 3.05) is 5.32 Å². The quantitative estimate of drug-likeness (QED) is 0.840. The Labute approximate surface area is 154 Å². The fourth-order valence-corrected chi connectivity index (χ4v) is 4.59. The summed E-state index contributed by atoms with van der Waals surface area (Å²) in [4.78, 5) is 17.5. The van der Waals surface area contributed by atoms with Crippen molar-refractivity contribution >= 4 is 32.2 Å². The summed E-state index contributed by atoms with van der Waals surface area (Å²) in [6, 6.07) is 4.46. The molecule has 1 aliphatic carbocycles. The first kappa shape index (κ1) is 18.9. The van der Waals surface area contributed by atoms with Crippen LogP contribution in [0.15, 0.2) is 29.2 Å². The summed E-state index contributed by atoms with van der Waals surface area (Å²) in [6.45, 7) is 0. The summed E-state index contributed by atoms with van der Waals surface area (Å²) >= 11 is 1.45. The minimum absolute atomic E-state index is 0.181. The molecular formula is C17H18F2N2O3S2. The van der Waals surface area contributed by atoms with Gasteiger partial charge in [0.05, 0.1) is 10.6 Å². The molecule has 0 fully saturated rings. The molecule has 1 aliphatic rings. The Morgan fingerprint density at radius 2 is 1.73 bits per heavy atom. The van der Waals surface area contributed by atoms with Crippen molar-refractivity contribution in [1.29, 1.82) is 0 Å². The zero-order valence-corrected chi connectivity index (χ0v) is 15.5. The lowest BCUT2D eigenvalue weighted by molar-refractivity contribution is 0.102. The van der Waals surface area contributed by atoms with E-state index in [2.05, 4.69) is 10.3 Å². The van der Waals surface area contributed by atoms with Gasteiger partial charge < -0.3 is 0 Å². The van der Waals surface area contributed by atoms with E-state index >= 15 is 0 Å². The topological polar surface area (TPSA) is 76.1 Å². The third-order valence-electron chi connectivity index (χ3n) is 4.25. The van der Waals surface area contributed by atoms with Crippen LogP contribution in [-0.4, -0.2) is 25.1 Å². The van der Waals surface area contributed by atoms with Crippen molar-refractivity contribution in [3.05, 3.63) is 40.4 Å². The van der Waals surface area contributed by atoms with E-state index in [9.17, 15) is 22.0 Å². The number of hydrogen-bond donors (Lipinski definition) is 1. The fraction of sp³-hybridized carbons (Fsp3) is 0.412. The molecule has 0 unspecified atom stereocenters. The van der Waals surface area contributed by atoms with Gasteiger partial charge in [0, 0.05) is 10.4 Å². The minimum Gasteiger partial charge on any atom is -0.298 e. The maximum atomic E-state index is 12.5. The lowest BCUT2D eigenvalue weighted by Gasteiger charge is -2.06. The maximum absolute atomic E-state index is 12.5. The SMILES string of the molecule is O=C(Nc1nc2c(s1)CCCCCC2)c1ccc(S(=O)(=O)C(F)F)cc1. The Bertz CT molecular complexity index is 868. The lowest BCUT2D eigenvalue weighted by Crippen LogP contribution is -2.14. The van der Waals surface area contributed by atoms with Gasteiger partial charge in [-0.15, -0.1) is 11.3 Å². The number of anilines is 1. The predicted octanol–water partition coefficient (Wildman–Crippen LogP) is 4.05. The molecule has 0 atom stereocenters. The van der Waals surface area contributed by atoms with E-state index in [4.69, 9.17) is 0 Å². The number of carbonyl (C=O) groups is 1. The van der Waals surface area contributed by atoms with Crippen LogP contribution in [0.5, 0.6) is 0 Å². The molecule has 5 nitrogen and oxygen atoms in total. The lowest BCUT2D eigenvalue weighted by atomic mass is 10.0. The molecule has 1 aromatic heterocycles. The van der Waals surface area contributed by atoms with Crippen molar-refractivity contribution in [3.63, 3.8) is 0 Å². The number of fused-ring (bicyclic) bond motifs is 1. The van der Waals surface area contributed by atoms with Crippen LogP contribution in [-0.2, 0) is 22.7 Å². The molecule has 9 heteroatoms. The first-order chi connectivity index (χ1) is 12.4. The Morgan fingerprint density at radius 1 is 1.08 bits per heavy atom. The third-order valence-corrected chi connectivity index (χ3v) is 6.72. The van der Waals surface area contributed by atoms with Crippen LogP contribution in [0.3, 0.4) is 0 Å². The predicted molar refractivity (Wildman–Crippen MR) is 95.6 cm³/mol. The minimum atomic E-state index is -4.66. The summed E-state index contributed by atoms with van der Waals surface area (Å²) in [5.74, 6) is -3.94. The molecule has 0 spiro atoms. The van der Waals surface area contributed by atoms with Crippen LogP contribution in [0.2, 0.25) is 0 Å². The molecule has 0 radical (unpaired) electrons. The number of nitrogens with zero attached hydrogens (tertiary/aromatic N) is 1. The molecule has 0 saturated carbocycles. The first-order valence-corrected chi connectivity index (χ1v) is 10.7. The molecule has 0 aliphatic heterocycles. The van der Waals surface area contributed by atoms with Gasteiger partial charge in [-0.25, -0.2) is 13.4 Å². The van der Waals surface area contributed by atoms with Gasteiger partial charge >= 0.3 is 5.76 Å². The highest BCUT2D eigenvalue weighted by Crippen LogP contribution is 2.29. The molecule has 26 heavy (non-hydrogen) atoms. The van der Waals surface area contributed by atoms with Crippen molar-refractivity contribution in [3.8, 4) is 0 Å². The molecule has 2 aromatic rings. The summed E-state index contributed by atoms with van der Waals surface area (Å²) in [5.41, 5.74) is 1.21. The van der Waals surface area contributed by atoms with Crippen LogP contribution in [0.4, 0.5) is 13.9 Å². The highest BCUT2D eigenvalue weighted by Gasteiger charge is 2.26. The average Bonchev–Trinajstić information content (AvgIpc) is 2.95. The molecule has 0 bridgehead atoms. The van der Waals surface area contributed by atoms with Crippen LogP contribution in [0.25, 0.3) is 0 Å². The summed E-state index contributed by atoms with van der Waals surface area (Å²) in [5, 5.41) is 3.21.